The summed E-state index contributed by atoms with van der Waals surface area (Å²) < 4.78 is 6.22. The fourth-order valence-electron chi connectivity index (χ4n) is 0.591. The van der Waals surface area contributed by atoms with Crippen LogP contribution >= 0.6 is 34.8 Å². The smallest absolute Gasteiger partial charge is 0.111 e. The van der Waals surface area contributed by atoms with Crippen LogP contribution in [0, 0.1) is 0 Å². The second-order valence-corrected chi connectivity index (χ2v) is 4.14. The van der Waals surface area contributed by atoms with Gasteiger partial charge >= 0.3 is 0 Å². The van der Waals surface area contributed by atoms with Gasteiger partial charge in [-0.3, -0.25) is 0 Å². The van der Waals surface area contributed by atoms with Crippen LogP contribution in [0.1, 0.15) is 6.92 Å². The van der Waals surface area contributed by atoms with Crippen LogP contribution in [-0.4, -0.2) is 29.2 Å². The molecule has 0 heterocycles. The second-order valence-electron chi connectivity index (χ2n) is 1.81. The van der Waals surface area contributed by atoms with E-state index in [1.807, 2.05) is 14.0 Å². The zero-order chi connectivity index (χ0) is 7.98. The first-order valence-corrected chi connectivity index (χ1v) is 4.66. The third-order valence-electron chi connectivity index (χ3n) is 1.01. The number of halogens is 1. The lowest BCUT2D eigenvalue weighted by atomic mass is 10.4. The molecule has 0 spiro atoms. The summed E-state index contributed by atoms with van der Waals surface area (Å²) in [5, 5.41) is 3.02. The van der Waals surface area contributed by atoms with Crippen LogP contribution in [0.2, 0.25) is 0 Å². The van der Waals surface area contributed by atoms with Crippen molar-refractivity contribution >= 4 is 37.7 Å². The molecule has 1 atom stereocenters. The first-order valence-electron chi connectivity index (χ1n) is 3.18. The lowest BCUT2D eigenvalue weighted by Gasteiger charge is -2.13. The van der Waals surface area contributed by atoms with Gasteiger partial charge in [-0.2, -0.15) is 0 Å². The molecule has 0 aliphatic carbocycles. The summed E-state index contributed by atoms with van der Waals surface area (Å²) in [4.78, 5) is 0. The third kappa shape index (κ3) is 4.54. The zero-order valence-electron chi connectivity index (χ0n) is 6.19. The van der Waals surface area contributed by atoms with E-state index >= 15 is 0 Å². The molecule has 0 saturated heterocycles. The van der Waals surface area contributed by atoms with E-state index in [2.05, 4.69) is 27.9 Å². The van der Waals surface area contributed by atoms with Gasteiger partial charge in [-0.15, -0.1) is 0 Å². The highest BCUT2D eigenvalue weighted by Crippen LogP contribution is 2.01. The Morgan fingerprint density at radius 1 is 1.80 bits per heavy atom. The van der Waals surface area contributed by atoms with Crippen molar-refractivity contribution in [3.63, 3.8) is 0 Å². The van der Waals surface area contributed by atoms with Crippen LogP contribution < -0.4 is 5.32 Å². The molecule has 0 aromatic carbocycles. The normalized spacial score (nSPS) is 13.1. The fourth-order valence-corrected chi connectivity index (χ4v) is 1.14. The number of likely N-dealkylation sites (N-methyl/N-ethyl adjacent to an activating group) is 1. The van der Waals surface area contributed by atoms with Crippen LogP contribution in [0.3, 0.4) is 0 Å². The van der Waals surface area contributed by atoms with Crippen LogP contribution in [0.15, 0.2) is 0 Å². The van der Waals surface area contributed by atoms with Gasteiger partial charge in [0, 0.05) is 13.2 Å². The predicted molar refractivity (Wildman–Crippen MR) is 56.0 cm³/mol. The van der Waals surface area contributed by atoms with Crippen molar-refractivity contribution < 1.29 is 4.74 Å². The Bertz CT molecular complexity index is 104. The molecule has 0 amide bonds. The van der Waals surface area contributed by atoms with E-state index in [0.717, 1.165) is 16.0 Å². The van der Waals surface area contributed by atoms with Crippen LogP contribution in [0.4, 0.5) is 0 Å². The summed E-state index contributed by atoms with van der Waals surface area (Å²) in [5.41, 5.74) is 0. The van der Waals surface area contributed by atoms with Gasteiger partial charge in [-0.1, -0.05) is 12.2 Å². The fraction of sp³-hybridized carbons (Fsp3) is 0.833. The molecule has 1 N–H and O–H groups in total. The summed E-state index contributed by atoms with van der Waals surface area (Å²) in [6, 6.07) is 0. The van der Waals surface area contributed by atoms with Crippen molar-refractivity contribution in [1.82, 2.24) is 5.32 Å². The van der Waals surface area contributed by atoms with Gasteiger partial charge in [-0.25, -0.2) is 0 Å². The number of nitrogens with one attached hydrogen (secondary N) is 1. The molecule has 60 valence electrons. The molecule has 0 aromatic heterocycles. The maximum Gasteiger partial charge on any atom is 0.111 e. The molecule has 0 radical (unpaired) electrons. The second kappa shape index (κ2) is 6.45. The highest BCUT2D eigenvalue weighted by atomic mass is 127. The highest BCUT2D eigenvalue weighted by molar-refractivity contribution is 14.1. The van der Waals surface area contributed by atoms with E-state index in [0.29, 0.717) is 0 Å². The van der Waals surface area contributed by atoms with Crippen LogP contribution in [-0.2, 0) is 4.74 Å². The van der Waals surface area contributed by atoms with E-state index in [1.54, 1.807) is 0 Å². The average Bonchev–Trinajstić information content (AvgIpc) is 1.87. The molecule has 1 unspecified atom stereocenters. The Labute approximate surface area is 80.8 Å². The number of hydrogen-bond donors (Lipinski definition) is 1. The average molecular weight is 273 g/mol. The predicted octanol–water partition coefficient (Wildman–Crippen LogP) is 1.37. The summed E-state index contributed by atoms with van der Waals surface area (Å²) in [6.07, 6.45) is 0.0885. The van der Waals surface area contributed by atoms with E-state index in [-0.39, 0.29) is 6.10 Å². The largest absolute Gasteiger partial charge is 0.371 e. The van der Waals surface area contributed by atoms with E-state index in [9.17, 15) is 0 Å². The van der Waals surface area contributed by atoms with Crippen molar-refractivity contribution in [3.8, 4) is 0 Å². The zero-order valence-corrected chi connectivity index (χ0v) is 9.16. The minimum absolute atomic E-state index is 0.0885. The molecule has 0 saturated carbocycles. The number of hydrogen-bond acceptors (Lipinski definition) is 3. The van der Waals surface area contributed by atoms with E-state index < -0.39 is 0 Å². The maximum absolute atomic E-state index is 5.33. The van der Waals surface area contributed by atoms with E-state index in [4.69, 9.17) is 17.0 Å². The first-order chi connectivity index (χ1) is 4.72. The van der Waals surface area contributed by atoms with Crippen molar-refractivity contribution in [3.05, 3.63) is 0 Å². The summed E-state index contributed by atoms with van der Waals surface area (Å²) in [6.45, 7) is 3.49. The molecule has 0 aromatic rings. The lowest BCUT2D eigenvalue weighted by Crippen LogP contribution is -2.30. The molecule has 2 nitrogen and oxygen atoms in total. The molecule has 0 bridgehead atoms. The molecule has 10 heavy (non-hydrogen) atoms. The SMILES string of the molecule is CCOC(CNC)C(=S)I. The molecule has 0 aliphatic heterocycles. The van der Waals surface area contributed by atoms with Crippen molar-refractivity contribution in [2.75, 3.05) is 20.2 Å². The van der Waals surface area contributed by atoms with Gasteiger partial charge in [-0.05, 0) is 36.6 Å². The van der Waals surface area contributed by atoms with Crippen molar-refractivity contribution in [1.29, 1.82) is 0 Å². The summed E-state index contributed by atoms with van der Waals surface area (Å²) >= 11 is 7.09. The molecule has 0 rings (SSSR count). The summed E-state index contributed by atoms with van der Waals surface area (Å²) in [5.74, 6) is 0. The Morgan fingerprint density at radius 3 is 2.70 bits per heavy atom. The van der Waals surface area contributed by atoms with Crippen molar-refractivity contribution in [2.24, 2.45) is 0 Å². The Kier molecular flexibility index (Phi) is 6.93. The van der Waals surface area contributed by atoms with Gasteiger partial charge < -0.3 is 10.1 Å². The molecule has 4 heteroatoms. The minimum Gasteiger partial charge on any atom is -0.371 e. The Morgan fingerprint density at radius 2 is 2.40 bits per heavy atom. The van der Waals surface area contributed by atoms with Crippen molar-refractivity contribution in [2.45, 2.75) is 13.0 Å². The first kappa shape index (κ1) is 10.7. The minimum atomic E-state index is 0.0885. The van der Waals surface area contributed by atoms with Crippen LogP contribution in [0.5, 0.6) is 0 Å². The molecular weight excluding hydrogens is 261 g/mol. The number of rotatable bonds is 5. The molecule has 0 fully saturated rings. The van der Waals surface area contributed by atoms with Gasteiger partial charge in [0.15, 0.2) is 0 Å². The highest BCUT2D eigenvalue weighted by Gasteiger charge is 2.09. The Balaban J connectivity index is 3.61. The lowest BCUT2D eigenvalue weighted by molar-refractivity contribution is 0.114. The quantitative estimate of drug-likeness (QED) is 0.464. The number of ether oxygens (including phenoxy) is 1. The maximum atomic E-state index is 5.33. The van der Waals surface area contributed by atoms with Gasteiger partial charge in [0.05, 0.1) is 2.87 Å². The standard InChI is InChI=1S/C6H12INOS/c1-3-9-5(4-8-2)6(7)10/h5,8H,3-4H2,1-2H3. The number of thiocarbonyl (C=S) groups is 1. The van der Waals surface area contributed by atoms with Gasteiger partial charge in [0.2, 0.25) is 0 Å². The van der Waals surface area contributed by atoms with Gasteiger partial charge in [0.25, 0.3) is 0 Å². The molecule has 0 aliphatic rings. The molecular formula is C6H12INOS. The Hall–Kier alpha value is 0.740. The van der Waals surface area contributed by atoms with Crippen LogP contribution in [0.25, 0.3) is 0 Å². The summed E-state index contributed by atoms with van der Waals surface area (Å²) in [7, 11) is 1.89. The van der Waals surface area contributed by atoms with Gasteiger partial charge in [0.1, 0.15) is 6.10 Å². The van der Waals surface area contributed by atoms with E-state index in [1.165, 1.54) is 0 Å². The topological polar surface area (TPSA) is 21.3 Å². The monoisotopic (exact) mass is 273 g/mol. The third-order valence-corrected chi connectivity index (χ3v) is 1.97.